The van der Waals surface area contributed by atoms with Gasteiger partial charge in [-0.1, -0.05) is 6.07 Å². The summed E-state index contributed by atoms with van der Waals surface area (Å²) < 4.78 is 43.7. The Morgan fingerprint density at radius 2 is 1.67 bits per heavy atom. The first-order chi connectivity index (χ1) is 9.68. The predicted octanol–water partition coefficient (Wildman–Crippen LogP) is 5.46. The van der Waals surface area contributed by atoms with Gasteiger partial charge in [0.15, 0.2) is 0 Å². The Morgan fingerprint density at radius 3 is 2.24 bits per heavy atom. The number of ether oxygens (including phenoxy) is 1. The number of benzene rings is 2. The van der Waals surface area contributed by atoms with Crippen LogP contribution in [0.15, 0.2) is 34.8 Å². The zero-order chi connectivity index (χ0) is 15.8. The Balaban J connectivity index is 2.35. The molecule has 2 aromatic carbocycles. The molecule has 2 nitrogen and oxygen atoms in total. The lowest BCUT2D eigenvalue weighted by Gasteiger charge is -2.14. The number of hydrogen-bond donors (Lipinski definition) is 1. The third kappa shape index (κ3) is 3.50. The predicted molar refractivity (Wildman–Crippen MR) is 79.5 cm³/mol. The van der Waals surface area contributed by atoms with Gasteiger partial charge in [-0.25, -0.2) is 0 Å². The molecule has 2 N–H and O–H groups in total. The van der Waals surface area contributed by atoms with Gasteiger partial charge in [0.25, 0.3) is 0 Å². The Labute approximate surface area is 128 Å². The minimum atomic E-state index is -4.38. The van der Waals surface area contributed by atoms with Gasteiger partial charge in [0.05, 0.1) is 10.0 Å². The molecule has 0 aliphatic carbocycles. The van der Waals surface area contributed by atoms with E-state index in [0.717, 1.165) is 23.3 Å². The van der Waals surface area contributed by atoms with Crippen molar-refractivity contribution in [2.24, 2.45) is 0 Å². The van der Waals surface area contributed by atoms with Gasteiger partial charge in [-0.2, -0.15) is 13.2 Å². The summed E-state index contributed by atoms with van der Waals surface area (Å²) in [6.07, 6.45) is -4.38. The maximum atomic E-state index is 12.6. The Kier molecular flexibility index (Phi) is 4.18. The summed E-state index contributed by atoms with van der Waals surface area (Å²) in [5.74, 6) is 0.813. The number of rotatable bonds is 2. The van der Waals surface area contributed by atoms with Gasteiger partial charge in [0.2, 0.25) is 0 Å². The maximum Gasteiger partial charge on any atom is 0.416 e. The number of nitrogens with two attached hydrogens (primary N) is 1. The summed E-state index contributed by atoms with van der Waals surface area (Å²) in [6.45, 7) is 3.72. The summed E-state index contributed by atoms with van der Waals surface area (Å²) in [7, 11) is 0. The Hall–Kier alpha value is -1.69. The highest BCUT2D eigenvalue weighted by Crippen LogP contribution is 2.37. The topological polar surface area (TPSA) is 35.2 Å². The average molecular weight is 360 g/mol. The summed E-state index contributed by atoms with van der Waals surface area (Å²) >= 11 is 3.10. The van der Waals surface area contributed by atoms with Crippen molar-refractivity contribution in [1.82, 2.24) is 0 Å². The lowest BCUT2D eigenvalue weighted by molar-refractivity contribution is -0.137. The number of aryl methyl sites for hydroxylation is 2. The fourth-order valence-electron chi connectivity index (χ4n) is 1.84. The normalized spacial score (nSPS) is 11.5. The van der Waals surface area contributed by atoms with Gasteiger partial charge < -0.3 is 10.5 Å². The first kappa shape index (κ1) is 15.7. The first-order valence-electron chi connectivity index (χ1n) is 6.10. The molecule has 2 aromatic rings. The SMILES string of the molecule is Cc1cc(C)c(Oc2ccc(C(F)(F)F)cc2Br)cc1N. The molecule has 0 bridgehead atoms. The van der Waals surface area contributed by atoms with E-state index in [9.17, 15) is 13.2 Å². The van der Waals surface area contributed by atoms with E-state index in [0.29, 0.717) is 17.2 Å². The van der Waals surface area contributed by atoms with Crippen LogP contribution in [0.5, 0.6) is 11.5 Å². The molecule has 112 valence electrons. The molecule has 0 amide bonds. The van der Waals surface area contributed by atoms with Crippen molar-refractivity contribution in [3.63, 3.8) is 0 Å². The molecule has 0 aromatic heterocycles. The smallest absolute Gasteiger partial charge is 0.416 e. The van der Waals surface area contributed by atoms with Crippen molar-refractivity contribution in [2.75, 3.05) is 5.73 Å². The minimum Gasteiger partial charge on any atom is -0.456 e. The van der Waals surface area contributed by atoms with E-state index in [1.807, 2.05) is 19.9 Å². The molecule has 0 atom stereocenters. The number of nitrogen functional groups attached to an aromatic ring is 1. The van der Waals surface area contributed by atoms with Crippen molar-refractivity contribution in [1.29, 1.82) is 0 Å². The summed E-state index contributed by atoms with van der Waals surface area (Å²) in [5.41, 5.74) is 7.43. The van der Waals surface area contributed by atoms with Crippen molar-refractivity contribution in [3.05, 3.63) is 51.5 Å². The molecular formula is C15H13BrF3NO. The Bertz CT molecular complexity index is 683. The third-order valence-electron chi connectivity index (χ3n) is 3.04. The Morgan fingerprint density at radius 1 is 1.00 bits per heavy atom. The molecule has 0 aliphatic heterocycles. The molecule has 6 heteroatoms. The van der Waals surface area contributed by atoms with E-state index in [1.165, 1.54) is 6.07 Å². The van der Waals surface area contributed by atoms with Crippen LogP contribution in [0.2, 0.25) is 0 Å². The van der Waals surface area contributed by atoms with Gasteiger partial charge in [0.1, 0.15) is 11.5 Å². The van der Waals surface area contributed by atoms with Crippen LogP contribution in [0.3, 0.4) is 0 Å². The van der Waals surface area contributed by atoms with E-state index in [-0.39, 0.29) is 4.47 Å². The fourth-order valence-corrected chi connectivity index (χ4v) is 2.30. The van der Waals surface area contributed by atoms with E-state index < -0.39 is 11.7 Å². The number of alkyl halides is 3. The molecule has 0 heterocycles. The van der Waals surface area contributed by atoms with Crippen LogP contribution < -0.4 is 10.5 Å². The second kappa shape index (κ2) is 5.60. The lowest BCUT2D eigenvalue weighted by Crippen LogP contribution is -2.04. The molecule has 0 spiro atoms. The average Bonchev–Trinajstić information content (AvgIpc) is 2.36. The van der Waals surface area contributed by atoms with Crippen molar-refractivity contribution in [3.8, 4) is 11.5 Å². The van der Waals surface area contributed by atoms with Crippen molar-refractivity contribution < 1.29 is 17.9 Å². The third-order valence-corrected chi connectivity index (χ3v) is 3.66. The molecule has 21 heavy (non-hydrogen) atoms. The minimum absolute atomic E-state index is 0.232. The number of halogens is 4. The molecule has 0 fully saturated rings. The summed E-state index contributed by atoms with van der Waals surface area (Å²) in [4.78, 5) is 0. The zero-order valence-electron chi connectivity index (χ0n) is 11.4. The van der Waals surface area contributed by atoms with Gasteiger partial charge >= 0.3 is 6.18 Å². The van der Waals surface area contributed by atoms with E-state index in [2.05, 4.69) is 15.9 Å². The van der Waals surface area contributed by atoms with Crippen molar-refractivity contribution >= 4 is 21.6 Å². The van der Waals surface area contributed by atoms with Crippen LogP contribution in [0.25, 0.3) is 0 Å². The standard InChI is InChI=1S/C15H13BrF3NO/c1-8-5-9(2)14(7-12(8)20)21-13-4-3-10(6-11(13)16)15(17,18)19/h3-7H,20H2,1-2H3. The van der Waals surface area contributed by atoms with Gasteiger partial charge in [0, 0.05) is 11.8 Å². The van der Waals surface area contributed by atoms with Gasteiger partial charge in [-0.05, 0) is 59.1 Å². The highest BCUT2D eigenvalue weighted by molar-refractivity contribution is 9.10. The van der Waals surface area contributed by atoms with E-state index >= 15 is 0 Å². The quantitative estimate of drug-likeness (QED) is 0.722. The second-order valence-corrected chi connectivity index (χ2v) is 5.57. The summed E-state index contributed by atoms with van der Waals surface area (Å²) in [6, 6.07) is 6.77. The highest BCUT2D eigenvalue weighted by Gasteiger charge is 2.31. The molecular weight excluding hydrogens is 347 g/mol. The molecule has 0 radical (unpaired) electrons. The van der Waals surface area contributed by atoms with Crippen LogP contribution in [-0.2, 0) is 6.18 Å². The van der Waals surface area contributed by atoms with E-state index in [4.69, 9.17) is 10.5 Å². The highest BCUT2D eigenvalue weighted by atomic mass is 79.9. The van der Waals surface area contributed by atoms with Gasteiger partial charge in [-0.3, -0.25) is 0 Å². The number of hydrogen-bond acceptors (Lipinski definition) is 2. The fraction of sp³-hybridized carbons (Fsp3) is 0.200. The van der Waals surface area contributed by atoms with Crippen LogP contribution >= 0.6 is 15.9 Å². The second-order valence-electron chi connectivity index (χ2n) is 4.72. The molecule has 2 rings (SSSR count). The molecule has 0 unspecified atom stereocenters. The largest absolute Gasteiger partial charge is 0.456 e. The van der Waals surface area contributed by atoms with Crippen LogP contribution in [0, 0.1) is 13.8 Å². The maximum absolute atomic E-state index is 12.6. The monoisotopic (exact) mass is 359 g/mol. The molecule has 0 aliphatic rings. The van der Waals surface area contributed by atoms with Crippen LogP contribution in [0.1, 0.15) is 16.7 Å². The first-order valence-corrected chi connectivity index (χ1v) is 6.89. The van der Waals surface area contributed by atoms with Crippen LogP contribution in [-0.4, -0.2) is 0 Å². The van der Waals surface area contributed by atoms with Crippen molar-refractivity contribution in [2.45, 2.75) is 20.0 Å². The summed E-state index contributed by atoms with van der Waals surface area (Å²) in [5, 5.41) is 0. The van der Waals surface area contributed by atoms with Crippen LogP contribution in [0.4, 0.5) is 18.9 Å². The van der Waals surface area contributed by atoms with Gasteiger partial charge in [-0.15, -0.1) is 0 Å². The zero-order valence-corrected chi connectivity index (χ0v) is 13.0. The molecule has 0 saturated heterocycles. The molecule has 0 saturated carbocycles. The van der Waals surface area contributed by atoms with E-state index in [1.54, 1.807) is 6.07 Å². The lowest BCUT2D eigenvalue weighted by atomic mass is 10.1. The number of anilines is 1.